The van der Waals surface area contributed by atoms with Crippen LogP contribution in [0, 0.1) is 17.8 Å². The highest BCUT2D eigenvalue weighted by Crippen LogP contribution is 2.46. The first-order valence-electron chi connectivity index (χ1n) is 8.54. The minimum Gasteiger partial charge on any atom is -0.437 e. The third-order valence-electron chi connectivity index (χ3n) is 4.61. The molecule has 2 aliphatic rings. The molecular formula is C16H34O2Si3. The van der Waals surface area contributed by atoms with Crippen LogP contribution in [0.1, 0.15) is 19.3 Å². The maximum absolute atomic E-state index is 6.61. The van der Waals surface area contributed by atoms with Gasteiger partial charge in [0.25, 0.3) is 0 Å². The molecular weight excluding hydrogens is 308 g/mol. The third-order valence-corrected chi connectivity index (χ3v) is 14.7. The minimum atomic E-state index is -1.96. The van der Waals surface area contributed by atoms with E-state index in [1.54, 1.807) is 0 Å². The van der Waals surface area contributed by atoms with Gasteiger partial charge in [0.1, 0.15) is 0 Å². The van der Waals surface area contributed by atoms with E-state index in [4.69, 9.17) is 8.23 Å². The first-order chi connectivity index (χ1) is 9.46. The molecule has 0 aromatic carbocycles. The fourth-order valence-electron chi connectivity index (χ4n) is 4.23. The number of allylic oxidation sites excluding steroid dienone is 2. The molecule has 3 atom stereocenters. The summed E-state index contributed by atoms with van der Waals surface area (Å²) >= 11 is 0. The summed E-state index contributed by atoms with van der Waals surface area (Å²) in [5.74, 6) is 2.70. The minimum absolute atomic E-state index is 0.878. The summed E-state index contributed by atoms with van der Waals surface area (Å²) < 4.78 is 13.0. The number of rotatable bonds is 7. The Morgan fingerprint density at radius 2 is 1.57 bits per heavy atom. The second-order valence-corrected chi connectivity index (χ2v) is 21.7. The Morgan fingerprint density at radius 1 is 0.905 bits per heavy atom. The molecule has 0 radical (unpaired) electrons. The van der Waals surface area contributed by atoms with Crippen LogP contribution >= 0.6 is 0 Å². The average molecular weight is 343 g/mol. The van der Waals surface area contributed by atoms with Gasteiger partial charge in [0.05, 0.1) is 0 Å². The van der Waals surface area contributed by atoms with E-state index in [1.807, 2.05) is 0 Å². The van der Waals surface area contributed by atoms with Crippen LogP contribution in [0.3, 0.4) is 0 Å². The zero-order valence-electron chi connectivity index (χ0n) is 15.0. The van der Waals surface area contributed by atoms with Crippen LogP contribution in [0.4, 0.5) is 0 Å². The molecule has 0 aliphatic heterocycles. The van der Waals surface area contributed by atoms with E-state index >= 15 is 0 Å². The molecule has 1 saturated carbocycles. The van der Waals surface area contributed by atoms with Gasteiger partial charge in [0.15, 0.2) is 16.6 Å². The van der Waals surface area contributed by atoms with Gasteiger partial charge in [-0.3, -0.25) is 0 Å². The summed E-state index contributed by atoms with van der Waals surface area (Å²) in [5.41, 5.74) is 0. The van der Waals surface area contributed by atoms with Crippen LogP contribution in [0.15, 0.2) is 12.2 Å². The summed E-state index contributed by atoms with van der Waals surface area (Å²) in [7, 11) is -5.06. The van der Waals surface area contributed by atoms with E-state index in [0.717, 1.165) is 17.8 Å². The molecule has 1 fully saturated rings. The Labute approximate surface area is 134 Å². The molecule has 2 rings (SSSR count). The summed E-state index contributed by atoms with van der Waals surface area (Å²) in [4.78, 5) is 0. The topological polar surface area (TPSA) is 18.5 Å². The van der Waals surface area contributed by atoms with E-state index in [-0.39, 0.29) is 0 Å². The average Bonchev–Trinajstić information content (AvgIpc) is 2.82. The second-order valence-electron chi connectivity index (χ2n) is 9.06. The molecule has 3 unspecified atom stereocenters. The van der Waals surface area contributed by atoms with Gasteiger partial charge in [-0.2, -0.15) is 0 Å². The summed E-state index contributed by atoms with van der Waals surface area (Å²) in [6.07, 6.45) is 9.13. The van der Waals surface area contributed by atoms with E-state index in [9.17, 15) is 0 Å². The number of hydrogen-bond acceptors (Lipinski definition) is 2. The monoisotopic (exact) mass is 342 g/mol. The third kappa shape index (κ3) is 5.46. The molecule has 0 amide bonds. The Kier molecular flexibility index (Phi) is 5.11. The SMILES string of the molecule is C[Si](C)(C)O[Si](C)(C)O[Si](C)(C)CCC1CC2C=CC1C2. The lowest BCUT2D eigenvalue weighted by atomic mass is 9.91. The van der Waals surface area contributed by atoms with Crippen molar-refractivity contribution in [1.29, 1.82) is 0 Å². The molecule has 2 nitrogen and oxygen atoms in total. The van der Waals surface area contributed by atoms with Crippen molar-refractivity contribution in [3.05, 3.63) is 12.2 Å². The molecule has 21 heavy (non-hydrogen) atoms. The van der Waals surface area contributed by atoms with Crippen LogP contribution in [0.5, 0.6) is 0 Å². The van der Waals surface area contributed by atoms with Crippen molar-refractivity contribution in [2.45, 2.75) is 71.1 Å². The van der Waals surface area contributed by atoms with E-state index in [0.29, 0.717) is 0 Å². The molecule has 0 aromatic heterocycles. The quantitative estimate of drug-likeness (QED) is 0.458. The highest BCUT2D eigenvalue weighted by Gasteiger charge is 2.40. The predicted molar refractivity (Wildman–Crippen MR) is 98.7 cm³/mol. The first kappa shape index (κ1) is 17.7. The molecule has 5 heteroatoms. The van der Waals surface area contributed by atoms with Crippen molar-refractivity contribution < 1.29 is 8.23 Å². The summed E-state index contributed by atoms with van der Waals surface area (Å²) in [6, 6.07) is 1.29. The van der Waals surface area contributed by atoms with Crippen LogP contribution in [-0.4, -0.2) is 25.2 Å². The van der Waals surface area contributed by atoms with E-state index < -0.39 is 25.2 Å². The normalized spacial score (nSPS) is 29.4. The van der Waals surface area contributed by atoms with Gasteiger partial charge >= 0.3 is 8.56 Å². The van der Waals surface area contributed by atoms with Crippen molar-refractivity contribution in [3.8, 4) is 0 Å². The zero-order chi connectivity index (χ0) is 15.9. The molecule has 0 N–H and O–H groups in total. The number of hydrogen-bond donors (Lipinski definition) is 0. The lowest BCUT2D eigenvalue weighted by Gasteiger charge is -2.38. The fraction of sp³-hybridized carbons (Fsp3) is 0.875. The maximum atomic E-state index is 6.61. The Balaban J connectivity index is 1.82. The second kappa shape index (κ2) is 6.07. The molecule has 0 spiro atoms. The fourth-order valence-corrected chi connectivity index (χ4v) is 17.5. The Hall–Kier alpha value is 0.311. The van der Waals surface area contributed by atoms with Crippen LogP contribution < -0.4 is 0 Å². The highest BCUT2D eigenvalue weighted by atomic mass is 28.5. The molecule has 0 saturated heterocycles. The Morgan fingerprint density at radius 3 is 2.05 bits per heavy atom. The highest BCUT2D eigenvalue weighted by molar-refractivity contribution is 6.87. The van der Waals surface area contributed by atoms with E-state index in [1.165, 1.54) is 25.3 Å². The predicted octanol–water partition coefficient (Wildman–Crippen LogP) is 5.36. The van der Waals surface area contributed by atoms with Gasteiger partial charge in [-0.1, -0.05) is 18.6 Å². The van der Waals surface area contributed by atoms with Crippen molar-refractivity contribution in [1.82, 2.24) is 0 Å². The van der Waals surface area contributed by atoms with Gasteiger partial charge in [0.2, 0.25) is 0 Å². The first-order valence-corrected chi connectivity index (χ1v) is 17.9. The standard InChI is InChI=1S/C16H34O2Si3/c1-19(2,3)17-21(6,7)18-20(4,5)11-10-16-13-14-8-9-15(16)12-14/h8-9,14-16H,10-13H2,1-7H3. The summed E-state index contributed by atoms with van der Waals surface area (Å²) in [6.45, 7) is 16.0. The largest absolute Gasteiger partial charge is 0.437 e. The molecule has 0 heterocycles. The summed E-state index contributed by atoms with van der Waals surface area (Å²) in [5, 5.41) is 0. The lowest BCUT2D eigenvalue weighted by Crippen LogP contribution is -2.51. The maximum Gasteiger partial charge on any atom is 0.311 e. The van der Waals surface area contributed by atoms with Gasteiger partial charge in [-0.05, 0) is 82.5 Å². The molecule has 2 aliphatic carbocycles. The van der Waals surface area contributed by atoms with Crippen molar-refractivity contribution in [2.24, 2.45) is 17.8 Å². The van der Waals surface area contributed by atoms with Crippen LogP contribution in [0.25, 0.3) is 0 Å². The smallest absolute Gasteiger partial charge is 0.311 e. The zero-order valence-corrected chi connectivity index (χ0v) is 18.0. The van der Waals surface area contributed by atoms with Crippen molar-refractivity contribution in [2.75, 3.05) is 0 Å². The van der Waals surface area contributed by atoms with Gasteiger partial charge < -0.3 is 8.23 Å². The molecule has 2 bridgehead atoms. The number of fused-ring (bicyclic) bond motifs is 2. The van der Waals surface area contributed by atoms with Crippen molar-refractivity contribution in [3.63, 3.8) is 0 Å². The van der Waals surface area contributed by atoms with Gasteiger partial charge in [-0.25, -0.2) is 0 Å². The molecule has 0 aromatic rings. The van der Waals surface area contributed by atoms with Crippen molar-refractivity contribution >= 4 is 25.2 Å². The van der Waals surface area contributed by atoms with Gasteiger partial charge in [0, 0.05) is 0 Å². The van der Waals surface area contributed by atoms with Crippen LogP contribution in [0.2, 0.25) is 51.9 Å². The van der Waals surface area contributed by atoms with Crippen LogP contribution in [-0.2, 0) is 8.23 Å². The Bertz CT molecular complexity index is 399. The lowest BCUT2D eigenvalue weighted by molar-refractivity contribution is 0.380. The van der Waals surface area contributed by atoms with E-state index in [2.05, 4.69) is 58.0 Å². The van der Waals surface area contributed by atoms with Gasteiger partial charge in [-0.15, -0.1) is 0 Å². The molecule has 122 valence electrons.